The summed E-state index contributed by atoms with van der Waals surface area (Å²) in [5, 5.41) is 8.99. The van der Waals surface area contributed by atoms with E-state index in [1.807, 2.05) is 32.3 Å². The van der Waals surface area contributed by atoms with E-state index in [9.17, 15) is 22.8 Å². The van der Waals surface area contributed by atoms with E-state index in [1.165, 1.54) is 0 Å². The minimum absolute atomic E-state index is 0.0118. The van der Waals surface area contributed by atoms with Gasteiger partial charge in [0.05, 0.1) is 30.7 Å². The lowest BCUT2D eigenvalue weighted by Crippen LogP contribution is -2.43. The lowest BCUT2D eigenvalue weighted by atomic mass is 10.0. The van der Waals surface area contributed by atoms with Crippen LogP contribution in [-0.2, 0) is 20.7 Å². The van der Waals surface area contributed by atoms with Gasteiger partial charge in [-0.1, -0.05) is 18.2 Å². The van der Waals surface area contributed by atoms with Gasteiger partial charge in [-0.3, -0.25) is 14.3 Å². The summed E-state index contributed by atoms with van der Waals surface area (Å²) in [6, 6.07) is 8.63. The third-order valence-electron chi connectivity index (χ3n) is 7.45. The van der Waals surface area contributed by atoms with Crippen molar-refractivity contribution in [1.29, 1.82) is 0 Å². The van der Waals surface area contributed by atoms with Gasteiger partial charge in [-0.25, -0.2) is 9.50 Å². The highest BCUT2D eigenvalue weighted by molar-refractivity contribution is 5.81. The minimum atomic E-state index is -4.35. The molecular formula is C29H31F3N6O3. The van der Waals surface area contributed by atoms with Gasteiger partial charge >= 0.3 is 6.18 Å². The molecule has 9 nitrogen and oxygen atoms in total. The summed E-state index contributed by atoms with van der Waals surface area (Å²) in [5.41, 5.74) is 4.20. The monoisotopic (exact) mass is 568 g/mol. The van der Waals surface area contributed by atoms with E-state index < -0.39 is 30.8 Å². The average Bonchev–Trinajstić information content (AvgIpc) is 3.63. The Hall–Kier alpha value is -4.06. The molecule has 12 heteroatoms. The van der Waals surface area contributed by atoms with Gasteiger partial charge < -0.3 is 9.64 Å². The summed E-state index contributed by atoms with van der Waals surface area (Å²) in [7, 11) is 1.83. The fourth-order valence-corrected chi connectivity index (χ4v) is 5.03. The average molecular weight is 569 g/mol. The standard InChI is InChI=1S/C29H31F3N6O3/c1-19(28(40)36(2)24-7-10-41-11-8-24)37-18-23(16-34-37)22-14-27-33-17-26(38(27)35-15-22)21-5-3-4-20(12-21)13-25(39)6-9-29(30,31)32/h3-5,12,14-19,24H,6-11,13H2,1-2H3. The Morgan fingerprint density at radius 2 is 1.83 bits per heavy atom. The minimum Gasteiger partial charge on any atom is -0.381 e. The maximum Gasteiger partial charge on any atom is 0.389 e. The molecule has 0 N–H and O–H groups in total. The summed E-state index contributed by atoms with van der Waals surface area (Å²) in [5.74, 6) is -0.477. The molecule has 1 aliphatic heterocycles. The molecule has 1 saturated heterocycles. The van der Waals surface area contributed by atoms with Gasteiger partial charge in [-0.2, -0.15) is 23.4 Å². The lowest BCUT2D eigenvalue weighted by Gasteiger charge is -2.32. The van der Waals surface area contributed by atoms with Crippen LogP contribution in [-0.4, -0.2) is 73.4 Å². The quantitative estimate of drug-likeness (QED) is 0.285. The maximum atomic E-state index is 13.1. The number of halogens is 3. The summed E-state index contributed by atoms with van der Waals surface area (Å²) >= 11 is 0. The van der Waals surface area contributed by atoms with Gasteiger partial charge in [-0.05, 0) is 37.5 Å². The molecule has 1 atom stereocenters. The number of hydrogen-bond donors (Lipinski definition) is 0. The summed E-state index contributed by atoms with van der Waals surface area (Å²) in [6.45, 7) is 3.14. The fourth-order valence-electron chi connectivity index (χ4n) is 5.03. The topological polar surface area (TPSA) is 94.6 Å². The van der Waals surface area contributed by atoms with Crippen LogP contribution in [0.4, 0.5) is 13.2 Å². The second-order valence-electron chi connectivity index (χ2n) is 10.4. The first kappa shape index (κ1) is 28.5. The number of carbonyl (C=O) groups is 2. The number of imidazole rings is 1. The van der Waals surface area contributed by atoms with Gasteiger partial charge in [0, 0.05) is 62.0 Å². The van der Waals surface area contributed by atoms with Crippen LogP contribution in [0.1, 0.15) is 44.2 Å². The molecule has 1 aliphatic rings. The van der Waals surface area contributed by atoms with Gasteiger partial charge in [0.1, 0.15) is 11.8 Å². The lowest BCUT2D eigenvalue weighted by molar-refractivity contribution is -0.143. The number of nitrogens with zero attached hydrogens (tertiary/aromatic N) is 6. The Labute approximate surface area is 234 Å². The van der Waals surface area contributed by atoms with Gasteiger partial charge in [0.15, 0.2) is 5.65 Å². The molecule has 1 aromatic carbocycles. The van der Waals surface area contributed by atoms with Crippen molar-refractivity contribution in [1.82, 2.24) is 29.3 Å². The number of benzene rings is 1. The molecule has 0 saturated carbocycles. The van der Waals surface area contributed by atoms with Crippen LogP contribution in [0, 0.1) is 0 Å². The Kier molecular flexibility index (Phi) is 8.20. The SMILES string of the molecule is CC(C(=O)N(C)C1CCOCC1)n1cc(-c2cnn3c(-c4cccc(CC(=O)CCC(F)(F)F)c4)cnc3c2)cn1. The Morgan fingerprint density at radius 3 is 2.59 bits per heavy atom. The van der Waals surface area contributed by atoms with Crippen molar-refractivity contribution in [3.05, 3.63) is 60.7 Å². The molecule has 41 heavy (non-hydrogen) atoms. The number of hydrogen-bond acceptors (Lipinski definition) is 6. The van der Waals surface area contributed by atoms with Crippen molar-refractivity contribution < 1.29 is 27.5 Å². The zero-order valence-electron chi connectivity index (χ0n) is 22.8. The molecule has 0 spiro atoms. The highest BCUT2D eigenvalue weighted by Gasteiger charge is 2.28. The summed E-state index contributed by atoms with van der Waals surface area (Å²) in [4.78, 5) is 31.4. The molecule has 4 aromatic rings. The predicted octanol–water partition coefficient (Wildman–Crippen LogP) is 4.91. The van der Waals surface area contributed by atoms with Crippen LogP contribution >= 0.6 is 0 Å². The van der Waals surface area contributed by atoms with E-state index in [4.69, 9.17) is 4.74 Å². The predicted molar refractivity (Wildman–Crippen MR) is 145 cm³/mol. The number of amides is 1. The van der Waals surface area contributed by atoms with Crippen LogP contribution in [0.3, 0.4) is 0 Å². The number of Topliss-reactive ketones (excluding diaryl/α,β-unsaturated/α-hetero) is 1. The number of ether oxygens (including phenoxy) is 1. The third kappa shape index (κ3) is 6.64. The van der Waals surface area contributed by atoms with E-state index in [-0.39, 0.29) is 18.4 Å². The molecule has 0 radical (unpaired) electrons. The number of carbonyl (C=O) groups excluding carboxylic acids is 2. The van der Waals surface area contributed by atoms with E-state index in [0.29, 0.717) is 30.1 Å². The van der Waals surface area contributed by atoms with E-state index in [0.717, 1.165) is 29.5 Å². The molecule has 0 bridgehead atoms. The highest BCUT2D eigenvalue weighted by Crippen LogP contribution is 2.27. The molecule has 1 fully saturated rings. The van der Waals surface area contributed by atoms with Gasteiger partial charge in [0.25, 0.3) is 0 Å². The van der Waals surface area contributed by atoms with Crippen molar-refractivity contribution in [2.45, 2.75) is 57.3 Å². The Bertz CT molecular complexity index is 1540. The largest absolute Gasteiger partial charge is 0.389 e. The molecule has 4 heterocycles. The van der Waals surface area contributed by atoms with Gasteiger partial charge in [0.2, 0.25) is 5.91 Å². The molecule has 0 aliphatic carbocycles. The van der Waals surface area contributed by atoms with E-state index >= 15 is 0 Å². The number of likely N-dealkylation sites (N-methyl/N-ethyl adjacent to an activating group) is 1. The van der Waals surface area contributed by atoms with Crippen molar-refractivity contribution >= 4 is 17.3 Å². The zero-order chi connectivity index (χ0) is 29.1. The first-order valence-corrected chi connectivity index (χ1v) is 13.5. The van der Waals surface area contributed by atoms with E-state index in [1.54, 1.807) is 50.9 Å². The van der Waals surface area contributed by atoms with Crippen molar-refractivity contribution in [3.63, 3.8) is 0 Å². The smallest absolute Gasteiger partial charge is 0.381 e. The van der Waals surface area contributed by atoms with Gasteiger partial charge in [-0.15, -0.1) is 0 Å². The third-order valence-corrected chi connectivity index (χ3v) is 7.45. The second-order valence-corrected chi connectivity index (χ2v) is 10.4. The molecule has 5 rings (SSSR count). The first-order chi connectivity index (χ1) is 19.6. The number of aromatic nitrogens is 5. The van der Waals surface area contributed by atoms with Crippen LogP contribution < -0.4 is 0 Å². The van der Waals surface area contributed by atoms with E-state index in [2.05, 4.69) is 15.2 Å². The fraction of sp³-hybridized carbons (Fsp3) is 0.414. The molecular weight excluding hydrogens is 537 g/mol. The van der Waals surface area contributed by atoms with Crippen LogP contribution in [0.15, 0.2) is 55.1 Å². The zero-order valence-corrected chi connectivity index (χ0v) is 22.8. The number of ketones is 1. The second kappa shape index (κ2) is 11.8. The number of rotatable bonds is 9. The normalized spacial score (nSPS) is 15.2. The molecule has 3 aromatic heterocycles. The molecule has 1 unspecified atom stereocenters. The maximum absolute atomic E-state index is 13.1. The van der Waals surface area contributed by atoms with Crippen LogP contribution in [0.5, 0.6) is 0 Å². The molecule has 1 amide bonds. The highest BCUT2D eigenvalue weighted by atomic mass is 19.4. The number of alkyl halides is 3. The van der Waals surface area contributed by atoms with Crippen molar-refractivity contribution in [3.8, 4) is 22.4 Å². The van der Waals surface area contributed by atoms with Crippen LogP contribution in [0.25, 0.3) is 28.0 Å². The number of fused-ring (bicyclic) bond motifs is 1. The van der Waals surface area contributed by atoms with Crippen molar-refractivity contribution in [2.24, 2.45) is 0 Å². The Balaban J connectivity index is 1.30. The van der Waals surface area contributed by atoms with Crippen LogP contribution in [0.2, 0.25) is 0 Å². The van der Waals surface area contributed by atoms with Crippen molar-refractivity contribution in [2.75, 3.05) is 20.3 Å². The summed E-state index contributed by atoms with van der Waals surface area (Å²) in [6.07, 6.45) is 2.41. The first-order valence-electron chi connectivity index (χ1n) is 13.5. The Morgan fingerprint density at radius 1 is 1.07 bits per heavy atom. The summed E-state index contributed by atoms with van der Waals surface area (Å²) < 4.78 is 46.1. The molecule has 216 valence electrons.